The minimum atomic E-state index is 0.625. The van der Waals surface area contributed by atoms with Crippen LogP contribution in [0.15, 0.2) is 24.5 Å². The summed E-state index contributed by atoms with van der Waals surface area (Å²) in [5.74, 6) is 0. The molecule has 3 heterocycles. The van der Waals surface area contributed by atoms with Gasteiger partial charge in [-0.3, -0.25) is 10.1 Å². The molecule has 1 aliphatic rings. The number of aromatic amines is 1. The molecule has 2 aromatic rings. The molecule has 0 aliphatic carbocycles. The summed E-state index contributed by atoms with van der Waals surface area (Å²) in [5, 5.41) is 6.85. The zero-order chi connectivity index (χ0) is 13.2. The van der Waals surface area contributed by atoms with E-state index in [1.807, 2.05) is 12.3 Å². The molecule has 3 N–H and O–H groups in total. The second kappa shape index (κ2) is 4.89. The quantitative estimate of drug-likeness (QED) is 0.833. The Kier molecular flexibility index (Phi) is 3.08. The van der Waals surface area contributed by atoms with Crippen LogP contribution in [0.4, 0.5) is 11.4 Å². The number of H-pyrrole nitrogens is 1. The summed E-state index contributed by atoms with van der Waals surface area (Å²) in [4.78, 5) is 9.15. The van der Waals surface area contributed by atoms with Crippen LogP contribution in [0.1, 0.15) is 0 Å². The molecule has 0 amide bonds. The number of likely N-dealkylation sites (N-methyl/N-ethyl adjacent to an activating group) is 1. The number of piperazine rings is 1. The van der Waals surface area contributed by atoms with E-state index in [9.17, 15) is 0 Å². The number of aromatic nitrogens is 3. The number of nitrogens with zero attached hydrogens (tertiary/aromatic N) is 4. The largest absolute Gasteiger partial charge is 0.396 e. The fraction of sp³-hybridized carbons (Fsp3) is 0.385. The molecule has 1 aliphatic heterocycles. The molecule has 1 saturated heterocycles. The van der Waals surface area contributed by atoms with Crippen molar-refractivity contribution in [1.29, 1.82) is 0 Å². The molecule has 0 spiro atoms. The Morgan fingerprint density at radius 3 is 2.58 bits per heavy atom. The highest BCUT2D eigenvalue weighted by Crippen LogP contribution is 2.23. The van der Waals surface area contributed by atoms with Crippen LogP contribution in [0.5, 0.6) is 0 Å². The predicted octanol–water partition coefficient (Wildman–Crippen LogP) is 0.806. The monoisotopic (exact) mass is 258 g/mol. The number of nitrogen functional groups attached to an aromatic ring is 1. The third-order valence-corrected chi connectivity index (χ3v) is 3.53. The molecule has 0 atom stereocenters. The second-order valence-corrected chi connectivity index (χ2v) is 4.88. The van der Waals surface area contributed by atoms with Gasteiger partial charge in [0.2, 0.25) is 0 Å². The maximum absolute atomic E-state index is 5.82. The summed E-state index contributed by atoms with van der Waals surface area (Å²) in [6.07, 6.45) is 3.57. The molecule has 3 rings (SSSR count). The SMILES string of the molecule is CN1CCN(c2ccc(-c3n[nH]cc3N)nc2)CC1. The van der Waals surface area contributed by atoms with Gasteiger partial charge >= 0.3 is 0 Å². The summed E-state index contributed by atoms with van der Waals surface area (Å²) in [5.41, 5.74) is 9.12. The number of nitrogens with one attached hydrogen (secondary N) is 1. The second-order valence-electron chi connectivity index (χ2n) is 4.88. The molecule has 6 heteroatoms. The first-order valence-corrected chi connectivity index (χ1v) is 6.43. The van der Waals surface area contributed by atoms with E-state index in [0.29, 0.717) is 11.4 Å². The normalized spacial score (nSPS) is 16.8. The van der Waals surface area contributed by atoms with Crippen molar-refractivity contribution >= 4 is 11.4 Å². The van der Waals surface area contributed by atoms with Gasteiger partial charge in [-0.1, -0.05) is 0 Å². The van der Waals surface area contributed by atoms with Gasteiger partial charge < -0.3 is 15.5 Å². The Morgan fingerprint density at radius 2 is 2.00 bits per heavy atom. The first kappa shape index (κ1) is 12.0. The van der Waals surface area contributed by atoms with E-state index in [-0.39, 0.29) is 0 Å². The van der Waals surface area contributed by atoms with Gasteiger partial charge in [0, 0.05) is 32.4 Å². The van der Waals surface area contributed by atoms with Crippen LogP contribution in [0, 0.1) is 0 Å². The third-order valence-electron chi connectivity index (χ3n) is 3.53. The van der Waals surface area contributed by atoms with Crippen molar-refractivity contribution in [3.8, 4) is 11.4 Å². The topological polar surface area (TPSA) is 74.1 Å². The fourth-order valence-corrected chi connectivity index (χ4v) is 2.28. The lowest BCUT2D eigenvalue weighted by atomic mass is 10.2. The number of hydrogen-bond acceptors (Lipinski definition) is 5. The molecule has 19 heavy (non-hydrogen) atoms. The molecule has 1 fully saturated rings. The van der Waals surface area contributed by atoms with Gasteiger partial charge in [0.15, 0.2) is 0 Å². The lowest BCUT2D eigenvalue weighted by Crippen LogP contribution is -2.44. The molecule has 6 nitrogen and oxygen atoms in total. The third kappa shape index (κ3) is 2.39. The lowest BCUT2D eigenvalue weighted by molar-refractivity contribution is 0.313. The predicted molar refractivity (Wildman–Crippen MR) is 75.9 cm³/mol. The van der Waals surface area contributed by atoms with Crippen molar-refractivity contribution < 1.29 is 0 Å². The Morgan fingerprint density at radius 1 is 1.21 bits per heavy atom. The molecule has 0 aromatic carbocycles. The minimum Gasteiger partial charge on any atom is -0.396 e. The summed E-state index contributed by atoms with van der Waals surface area (Å²) in [6.45, 7) is 4.27. The van der Waals surface area contributed by atoms with Crippen molar-refractivity contribution in [2.45, 2.75) is 0 Å². The van der Waals surface area contributed by atoms with Crippen LogP contribution in [-0.4, -0.2) is 53.3 Å². The summed E-state index contributed by atoms with van der Waals surface area (Å²) in [7, 11) is 2.15. The average Bonchev–Trinajstić information content (AvgIpc) is 2.86. The van der Waals surface area contributed by atoms with Crippen molar-refractivity contribution in [3.05, 3.63) is 24.5 Å². The van der Waals surface area contributed by atoms with Gasteiger partial charge in [0.25, 0.3) is 0 Å². The highest BCUT2D eigenvalue weighted by Gasteiger charge is 2.15. The van der Waals surface area contributed by atoms with Crippen LogP contribution in [0.25, 0.3) is 11.4 Å². The Balaban J connectivity index is 1.78. The van der Waals surface area contributed by atoms with Gasteiger partial charge in [0.05, 0.1) is 23.3 Å². The summed E-state index contributed by atoms with van der Waals surface area (Å²) < 4.78 is 0. The van der Waals surface area contributed by atoms with Crippen LogP contribution in [0.2, 0.25) is 0 Å². The number of pyridine rings is 1. The van der Waals surface area contributed by atoms with Crippen molar-refractivity contribution in [3.63, 3.8) is 0 Å². The first-order chi connectivity index (χ1) is 9.24. The molecule has 0 bridgehead atoms. The van der Waals surface area contributed by atoms with Crippen LogP contribution < -0.4 is 10.6 Å². The smallest absolute Gasteiger partial charge is 0.133 e. The van der Waals surface area contributed by atoms with E-state index in [4.69, 9.17) is 5.73 Å². The van der Waals surface area contributed by atoms with E-state index >= 15 is 0 Å². The number of nitrogens with two attached hydrogens (primary N) is 1. The summed E-state index contributed by atoms with van der Waals surface area (Å²) in [6, 6.07) is 4.06. The van der Waals surface area contributed by atoms with E-state index in [1.54, 1.807) is 6.20 Å². The van der Waals surface area contributed by atoms with E-state index < -0.39 is 0 Å². The highest BCUT2D eigenvalue weighted by atomic mass is 15.2. The molecule has 0 radical (unpaired) electrons. The molecule has 0 saturated carbocycles. The molecule has 2 aromatic heterocycles. The molecule has 0 unspecified atom stereocenters. The zero-order valence-corrected chi connectivity index (χ0v) is 11.0. The lowest BCUT2D eigenvalue weighted by Gasteiger charge is -2.33. The Hall–Kier alpha value is -2.08. The number of hydrogen-bond donors (Lipinski definition) is 2. The minimum absolute atomic E-state index is 0.625. The standard InChI is InChI=1S/C13H18N6/c1-18-4-6-19(7-5-18)10-2-3-12(15-8-10)13-11(14)9-16-17-13/h2-3,8-9H,4-7,14H2,1H3,(H,16,17). The Bertz CT molecular complexity index is 539. The number of rotatable bonds is 2. The molecule has 100 valence electrons. The van der Waals surface area contributed by atoms with Crippen molar-refractivity contribution in [1.82, 2.24) is 20.1 Å². The van der Waals surface area contributed by atoms with Gasteiger partial charge in [-0.25, -0.2) is 0 Å². The van der Waals surface area contributed by atoms with Crippen LogP contribution in [0.3, 0.4) is 0 Å². The first-order valence-electron chi connectivity index (χ1n) is 6.43. The summed E-state index contributed by atoms with van der Waals surface area (Å²) >= 11 is 0. The average molecular weight is 258 g/mol. The van der Waals surface area contributed by atoms with Gasteiger partial charge in [-0.05, 0) is 19.2 Å². The highest BCUT2D eigenvalue weighted by molar-refractivity contribution is 5.69. The van der Waals surface area contributed by atoms with Gasteiger partial charge in [-0.2, -0.15) is 5.10 Å². The van der Waals surface area contributed by atoms with Gasteiger partial charge in [-0.15, -0.1) is 0 Å². The maximum Gasteiger partial charge on any atom is 0.133 e. The van der Waals surface area contributed by atoms with Gasteiger partial charge in [0.1, 0.15) is 5.69 Å². The van der Waals surface area contributed by atoms with E-state index in [1.165, 1.54) is 0 Å². The van der Waals surface area contributed by atoms with Crippen molar-refractivity contribution in [2.24, 2.45) is 0 Å². The van der Waals surface area contributed by atoms with E-state index in [0.717, 1.165) is 37.6 Å². The van der Waals surface area contributed by atoms with E-state index in [2.05, 4.69) is 38.1 Å². The number of anilines is 2. The van der Waals surface area contributed by atoms with Crippen LogP contribution >= 0.6 is 0 Å². The maximum atomic E-state index is 5.82. The Labute approximate surface area is 112 Å². The zero-order valence-electron chi connectivity index (χ0n) is 11.0. The van der Waals surface area contributed by atoms with Crippen molar-refractivity contribution in [2.75, 3.05) is 43.9 Å². The molecular weight excluding hydrogens is 240 g/mol. The van der Waals surface area contributed by atoms with Crippen LogP contribution in [-0.2, 0) is 0 Å². The fourth-order valence-electron chi connectivity index (χ4n) is 2.28. The molecular formula is C13H18N6.